The summed E-state index contributed by atoms with van der Waals surface area (Å²) in [5.41, 5.74) is 5.85. The molecule has 0 saturated carbocycles. The van der Waals surface area contributed by atoms with Crippen molar-refractivity contribution in [2.45, 2.75) is 33.2 Å². The number of amides is 1. The highest BCUT2D eigenvalue weighted by Crippen LogP contribution is 2.26. The van der Waals surface area contributed by atoms with Crippen molar-refractivity contribution < 1.29 is 4.79 Å². The molecule has 1 aromatic carbocycles. The Morgan fingerprint density at radius 1 is 1.15 bits per heavy atom. The molecule has 1 N–H and O–H groups in total. The standard InChI is InChI=1S/C21H24N4O/c1-5-17-13-19(25(4)24-17)21(26)23-20(16-8-10-22-11-9-16)18-12-14(2)6-7-15(18)3/h6-13,20H,5H2,1-4H3,(H,23,26)/t20-/m1/s1. The Morgan fingerprint density at radius 2 is 1.88 bits per heavy atom. The lowest BCUT2D eigenvalue weighted by Crippen LogP contribution is -2.31. The van der Waals surface area contributed by atoms with Crippen molar-refractivity contribution in [1.29, 1.82) is 0 Å². The van der Waals surface area contributed by atoms with Gasteiger partial charge < -0.3 is 5.32 Å². The van der Waals surface area contributed by atoms with Crippen LogP contribution in [0.5, 0.6) is 0 Å². The average molecular weight is 348 g/mol. The number of nitrogens with zero attached hydrogens (tertiary/aromatic N) is 3. The van der Waals surface area contributed by atoms with Crippen LogP contribution in [0.2, 0.25) is 0 Å². The molecule has 2 aromatic heterocycles. The van der Waals surface area contributed by atoms with Gasteiger partial charge in [-0.3, -0.25) is 14.5 Å². The number of aromatic nitrogens is 3. The van der Waals surface area contributed by atoms with Gasteiger partial charge in [-0.25, -0.2) is 0 Å². The number of carbonyl (C=O) groups excluding carboxylic acids is 1. The first-order chi connectivity index (χ1) is 12.5. The number of hydrogen-bond acceptors (Lipinski definition) is 3. The molecule has 5 nitrogen and oxygen atoms in total. The van der Waals surface area contributed by atoms with E-state index >= 15 is 0 Å². The van der Waals surface area contributed by atoms with Gasteiger partial charge in [0.1, 0.15) is 5.69 Å². The summed E-state index contributed by atoms with van der Waals surface area (Å²) in [7, 11) is 1.80. The highest BCUT2D eigenvalue weighted by Gasteiger charge is 2.21. The van der Waals surface area contributed by atoms with Crippen LogP contribution in [0.3, 0.4) is 0 Å². The van der Waals surface area contributed by atoms with E-state index in [9.17, 15) is 4.79 Å². The van der Waals surface area contributed by atoms with Gasteiger partial charge in [0.05, 0.1) is 11.7 Å². The Hall–Kier alpha value is -2.95. The van der Waals surface area contributed by atoms with Gasteiger partial charge in [0, 0.05) is 19.4 Å². The fraction of sp³-hybridized carbons (Fsp3) is 0.286. The van der Waals surface area contributed by atoms with Crippen LogP contribution in [-0.2, 0) is 13.5 Å². The van der Waals surface area contributed by atoms with Crippen LogP contribution in [-0.4, -0.2) is 20.7 Å². The van der Waals surface area contributed by atoms with Gasteiger partial charge in [0.25, 0.3) is 5.91 Å². The van der Waals surface area contributed by atoms with Gasteiger partial charge in [0.2, 0.25) is 0 Å². The first kappa shape index (κ1) is 17.9. The number of hydrogen-bond donors (Lipinski definition) is 1. The molecule has 3 rings (SSSR count). The third-order valence-corrected chi connectivity index (χ3v) is 4.59. The quantitative estimate of drug-likeness (QED) is 0.767. The molecule has 5 heteroatoms. The Kier molecular flexibility index (Phi) is 5.16. The van der Waals surface area contributed by atoms with Gasteiger partial charge in [-0.1, -0.05) is 30.7 Å². The summed E-state index contributed by atoms with van der Waals surface area (Å²) in [6.07, 6.45) is 4.30. The van der Waals surface area contributed by atoms with E-state index in [1.807, 2.05) is 25.1 Å². The van der Waals surface area contributed by atoms with Gasteiger partial charge in [0.15, 0.2) is 0 Å². The lowest BCUT2D eigenvalue weighted by Gasteiger charge is -2.22. The minimum Gasteiger partial charge on any atom is -0.340 e. The zero-order valence-corrected chi connectivity index (χ0v) is 15.7. The highest BCUT2D eigenvalue weighted by atomic mass is 16.2. The van der Waals surface area contributed by atoms with Crippen LogP contribution in [0.1, 0.15) is 51.4 Å². The maximum atomic E-state index is 13.0. The molecule has 3 aromatic rings. The van der Waals surface area contributed by atoms with Crippen LogP contribution in [0.15, 0.2) is 48.8 Å². The predicted molar refractivity (Wildman–Crippen MR) is 102 cm³/mol. The van der Waals surface area contributed by atoms with E-state index in [4.69, 9.17) is 0 Å². The molecular formula is C21H24N4O. The molecule has 26 heavy (non-hydrogen) atoms. The monoisotopic (exact) mass is 348 g/mol. The smallest absolute Gasteiger partial charge is 0.270 e. The molecule has 2 heterocycles. The summed E-state index contributed by atoms with van der Waals surface area (Å²) in [4.78, 5) is 17.1. The van der Waals surface area contributed by atoms with Crippen LogP contribution in [0.4, 0.5) is 0 Å². The van der Waals surface area contributed by atoms with Gasteiger partial charge >= 0.3 is 0 Å². The van der Waals surface area contributed by atoms with Crippen molar-refractivity contribution in [3.05, 3.63) is 82.4 Å². The third-order valence-electron chi connectivity index (χ3n) is 4.59. The normalized spacial score (nSPS) is 12.0. The summed E-state index contributed by atoms with van der Waals surface area (Å²) < 4.78 is 1.64. The van der Waals surface area contributed by atoms with E-state index in [0.29, 0.717) is 5.69 Å². The van der Waals surface area contributed by atoms with E-state index in [0.717, 1.165) is 34.4 Å². The van der Waals surface area contributed by atoms with Crippen molar-refractivity contribution in [3.8, 4) is 0 Å². The van der Waals surface area contributed by atoms with E-state index in [2.05, 4.69) is 47.4 Å². The molecular weight excluding hydrogens is 324 g/mol. The summed E-state index contributed by atoms with van der Waals surface area (Å²) >= 11 is 0. The maximum absolute atomic E-state index is 13.0. The molecule has 0 bridgehead atoms. The largest absolute Gasteiger partial charge is 0.340 e. The van der Waals surface area contributed by atoms with E-state index < -0.39 is 0 Å². The summed E-state index contributed by atoms with van der Waals surface area (Å²) in [6.45, 7) is 6.15. The zero-order chi connectivity index (χ0) is 18.7. The summed E-state index contributed by atoms with van der Waals surface area (Å²) in [5.74, 6) is -0.137. The lowest BCUT2D eigenvalue weighted by atomic mass is 9.94. The number of rotatable bonds is 5. The molecule has 0 radical (unpaired) electrons. The van der Waals surface area contributed by atoms with Crippen molar-refractivity contribution in [2.75, 3.05) is 0 Å². The van der Waals surface area contributed by atoms with Crippen molar-refractivity contribution in [1.82, 2.24) is 20.1 Å². The van der Waals surface area contributed by atoms with Crippen LogP contribution in [0.25, 0.3) is 0 Å². The van der Waals surface area contributed by atoms with Crippen molar-refractivity contribution >= 4 is 5.91 Å². The van der Waals surface area contributed by atoms with E-state index in [1.165, 1.54) is 0 Å². The highest BCUT2D eigenvalue weighted by molar-refractivity contribution is 5.93. The molecule has 0 fully saturated rings. The number of carbonyl (C=O) groups is 1. The molecule has 0 unspecified atom stereocenters. The average Bonchev–Trinajstić information content (AvgIpc) is 3.03. The molecule has 134 valence electrons. The zero-order valence-electron chi connectivity index (χ0n) is 15.7. The topological polar surface area (TPSA) is 59.8 Å². The van der Waals surface area contributed by atoms with Crippen LogP contribution >= 0.6 is 0 Å². The number of nitrogens with one attached hydrogen (secondary N) is 1. The Morgan fingerprint density at radius 3 is 2.54 bits per heavy atom. The first-order valence-corrected chi connectivity index (χ1v) is 8.80. The second-order valence-corrected chi connectivity index (χ2v) is 6.55. The molecule has 0 saturated heterocycles. The predicted octanol–water partition coefficient (Wildman–Crippen LogP) is 3.51. The van der Waals surface area contributed by atoms with E-state index in [1.54, 1.807) is 24.1 Å². The number of pyridine rings is 1. The SMILES string of the molecule is CCc1cc(C(=O)N[C@H](c2ccncc2)c2cc(C)ccc2C)n(C)n1. The molecule has 0 aliphatic carbocycles. The second-order valence-electron chi connectivity index (χ2n) is 6.55. The second kappa shape index (κ2) is 7.52. The van der Waals surface area contributed by atoms with Crippen LogP contribution < -0.4 is 5.32 Å². The van der Waals surface area contributed by atoms with Crippen molar-refractivity contribution in [2.24, 2.45) is 7.05 Å². The minimum absolute atomic E-state index is 0.137. The number of aryl methyl sites for hydroxylation is 4. The van der Waals surface area contributed by atoms with Gasteiger partial charge in [-0.2, -0.15) is 5.10 Å². The summed E-state index contributed by atoms with van der Waals surface area (Å²) in [5, 5.41) is 7.57. The fourth-order valence-electron chi connectivity index (χ4n) is 3.08. The Balaban J connectivity index is 2.00. The lowest BCUT2D eigenvalue weighted by molar-refractivity contribution is 0.0933. The molecule has 0 spiro atoms. The minimum atomic E-state index is -0.245. The third kappa shape index (κ3) is 3.67. The van der Waals surface area contributed by atoms with Crippen LogP contribution in [0, 0.1) is 13.8 Å². The maximum Gasteiger partial charge on any atom is 0.270 e. The molecule has 1 amide bonds. The van der Waals surface area contributed by atoms with E-state index in [-0.39, 0.29) is 11.9 Å². The molecule has 0 aliphatic rings. The van der Waals surface area contributed by atoms with Gasteiger partial charge in [-0.15, -0.1) is 0 Å². The Bertz CT molecular complexity index is 915. The fourth-order valence-corrected chi connectivity index (χ4v) is 3.08. The molecule has 0 aliphatic heterocycles. The van der Waals surface area contributed by atoms with Crippen molar-refractivity contribution in [3.63, 3.8) is 0 Å². The number of benzene rings is 1. The molecule has 1 atom stereocenters. The summed E-state index contributed by atoms with van der Waals surface area (Å²) in [6, 6.07) is 11.8. The Labute approximate surface area is 154 Å². The van der Waals surface area contributed by atoms with Gasteiger partial charge in [-0.05, 0) is 55.2 Å². The first-order valence-electron chi connectivity index (χ1n) is 8.80.